The zero-order chi connectivity index (χ0) is 9.35. The lowest BCUT2D eigenvalue weighted by molar-refractivity contribution is 0.422. The van der Waals surface area contributed by atoms with Crippen molar-refractivity contribution in [1.82, 2.24) is 4.98 Å². The number of sulfonamides is 1. The molecule has 1 aromatic heterocycles. The van der Waals surface area contributed by atoms with Crippen molar-refractivity contribution in [2.24, 2.45) is 5.14 Å². The number of aryl methyl sites for hydroxylation is 1. The van der Waals surface area contributed by atoms with E-state index in [9.17, 15) is 8.42 Å². The fraction of sp³-hybridized carbons (Fsp3) is 0.200. The number of aromatic nitrogens is 1. The molecule has 1 heterocycles. The van der Waals surface area contributed by atoms with E-state index in [0.717, 1.165) is 0 Å². The highest BCUT2D eigenvalue weighted by atomic mass is 32.2. The van der Waals surface area contributed by atoms with E-state index in [1.807, 2.05) is 0 Å². The van der Waals surface area contributed by atoms with Crippen molar-refractivity contribution < 1.29 is 12.8 Å². The van der Waals surface area contributed by atoms with Crippen LogP contribution < -0.4 is 5.14 Å². The molecule has 2 N–H and O–H groups in total. The summed E-state index contributed by atoms with van der Waals surface area (Å²) in [5, 5.41) is 12.6. The number of nitrogens with zero attached hydrogens (tertiary/aromatic N) is 2. The van der Waals surface area contributed by atoms with Gasteiger partial charge in [0.1, 0.15) is 6.07 Å². The van der Waals surface area contributed by atoms with Gasteiger partial charge in [0.25, 0.3) is 15.1 Å². The summed E-state index contributed by atoms with van der Waals surface area (Å²) < 4.78 is 26.1. The molecular weight excluding hydrogens is 182 g/mol. The van der Waals surface area contributed by atoms with E-state index in [-0.39, 0.29) is 11.6 Å². The molecule has 12 heavy (non-hydrogen) atoms. The highest BCUT2D eigenvalue weighted by Gasteiger charge is 2.20. The predicted octanol–water partition coefficient (Wildman–Crippen LogP) is -0.498. The number of hydrogen-bond donors (Lipinski definition) is 1. The second kappa shape index (κ2) is 2.58. The summed E-state index contributed by atoms with van der Waals surface area (Å²) in [7, 11) is -3.98. The van der Waals surface area contributed by atoms with Gasteiger partial charge in [-0.2, -0.15) is 5.26 Å². The Balaban J connectivity index is 3.46. The number of hydrogen-bond acceptors (Lipinski definition) is 5. The first-order valence-corrected chi connectivity index (χ1v) is 4.40. The summed E-state index contributed by atoms with van der Waals surface area (Å²) in [6.07, 6.45) is 0. The van der Waals surface area contributed by atoms with Crippen LogP contribution in [0.3, 0.4) is 0 Å². The summed E-state index contributed by atoms with van der Waals surface area (Å²) in [5.74, 6) is 0.0931. The Kier molecular flexibility index (Phi) is 1.87. The van der Waals surface area contributed by atoms with Crippen molar-refractivity contribution in [2.45, 2.75) is 12.0 Å². The minimum absolute atomic E-state index is 0.0931. The summed E-state index contributed by atoms with van der Waals surface area (Å²) in [6, 6.07) is 1.56. The quantitative estimate of drug-likeness (QED) is 0.637. The number of nitrogens with two attached hydrogens (primary N) is 1. The van der Waals surface area contributed by atoms with Crippen molar-refractivity contribution in [1.29, 1.82) is 5.26 Å². The van der Waals surface area contributed by atoms with Gasteiger partial charge >= 0.3 is 0 Å². The topological polar surface area (TPSA) is 110 Å². The predicted molar refractivity (Wildman–Crippen MR) is 37.3 cm³/mol. The third-order valence-corrected chi connectivity index (χ3v) is 1.86. The van der Waals surface area contributed by atoms with Gasteiger partial charge in [0.2, 0.25) is 0 Å². The van der Waals surface area contributed by atoms with Gasteiger partial charge in [-0.05, 0) is 0 Å². The first kappa shape index (κ1) is 8.70. The Morgan fingerprint density at radius 3 is 2.58 bits per heavy atom. The van der Waals surface area contributed by atoms with Crippen LogP contribution in [0.1, 0.15) is 11.6 Å². The van der Waals surface area contributed by atoms with Crippen molar-refractivity contribution in [3.63, 3.8) is 0 Å². The number of rotatable bonds is 1. The molecule has 0 amide bonds. The Hall–Kier alpha value is -1.39. The van der Waals surface area contributed by atoms with E-state index >= 15 is 0 Å². The minimum atomic E-state index is -3.98. The lowest BCUT2D eigenvalue weighted by Crippen LogP contribution is -2.12. The van der Waals surface area contributed by atoms with Gasteiger partial charge in [-0.25, -0.2) is 18.5 Å². The largest absolute Gasteiger partial charge is 0.427 e. The zero-order valence-electron chi connectivity index (χ0n) is 6.10. The lowest BCUT2D eigenvalue weighted by Gasteiger charge is -1.88. The Bertz CT molecular complexity index is 439. The molecule has 6 nitrogen and oxygen atoms in total. The van der Waals surface area contributed by atoms with Crippen LogP contribution in [0.5, 0.6) is 0 Å². The maximum absolute atomic E-state index is 10.7. The average Bonchev–Trinajstić information content (AvgIpc) is 2.29. The van der Waals surface area contributed by atoms with Crippen molar-refractivity contribution in [3.05, 3.63) is 11.6 Å². The van der Waals surface area contributed by atoms with Crippen LogP contribution in [-0.2, 0) is 10.0 Å². The third-order valence-electron chi connectivity index (χ3n) is 1.07. The highest BCUT2D eigenvalue weighted by molar-refractivity contribution is 7.89. The molecule has 0 spiro atoms. The molecule has 0 aliphatic rings. The molecule has 0 unspecified atom stereocenters. The Labute approximate surface area is 68.7 Å². The molecule has 0 fully saturated rings. The van der Waals surface area contributed by atoms with Crippen LogP contribution in [0.15, 0.2) is 9.51 Å². The molecule has 1 aromatic rings. The molecule has 0 saturated heterocycles. The van der Waals surface area contributed by atoms with Gasteiger partial charge < -0.3 is 4.42 Å². The van der Waals surface area contributed by atoms with E-state index in [0.29, 0.717) is 0 Å². The van der Waals surface area contributed by atoms with Gasteiger partial charge in [-0.15, -0.1) is 0 Å². The van der Waals surface area contributed by atoms with E-state index in [2.05, 4.69) is 9.40 Å². The van der Waals surface area contributed by atoms with Crippen LogP contribution in [-0.4, -0.2) is 13.4 Å². The molecule has 0 atom stereocenters. The van der Waals surface area contributed by atoms with Gasteiger partial charge in [0, 0.05) is 6.92 Å². The zero-order valence-corrected chi connectivity index (χ0v) is 6.92. The molecular formula is C5H5N3O3S. The van der Waals surface area contributed by atoms with Crippen molar-refractivity contribution in [3.8, 4) is 6.07 Å². The lowest BCUT2D eigenvalue weighted by atomic mass is 10.5. The normalized spacial score (nSPS) is 11.1. The first-order chi connectivity index (χ1) is 5.45. The average molecular weight is 187 g/mol. The molecule has 7 heteroatoms. The van der Waals surface area contributed by atoms with Crippen molar-refractivity contribution >= 4 is 10.0 Å². The molecule has 0 aliphatic heterocycles. The first-order valence-electron chi connectivity index (χ1n) is 2.85. The minimum Gasteiger partial charge on any atom is -0.427 e. The number of oxazole rings is 1. The maximum Gasteiger partial charge on any atom is 0.274 e. The summed E-state index contributed by atoms with van der Waals surface area (Å²) in [4.78, 5) is 3.51. The second-order valence-corrected chi connectivity index (χ2v) is 3.49. The molecule has 0 bridgehead atoms. The summed E-state index contributed by atoms with van der Waals surface area (Å²) in [6.45, 7) is 1.43. The summed E-state index contributed by atoms with van der Waals surface area (Å²) >= 11 is 0. The van der Waals surface area contributed by atoms with Crippen LogP contribution in [0.4, 0.5) is 0 Å². The number of primary sulfonamides is 1. The van der Waals surface area contributed by atoms with Gasteiger partial charge in [-0.1, -0.05) is 0 Å². The standard InChI is InChI=1S/C5H5N3O3S/c1-3-8-4(2-6)5(11-3)12(7,9)10/h1H3,(H2,7,9,10). The maximum atomic E-state index is 10.7. The third kappa shape index (κ3) is 1.44. The molecule has 0 saturated carbocycles. The van der Waals surface area contributed by atoms with Crippen LogP contribution >= 0.6 is 0 Å². The molecule has 64 valence electrons. The van der Waals surface area contributed by atoms with Gasteiger partial charge in [-0.3, -0.25) is 0 Å². The molecule has 0 aromatic carbocycles. The van der Waals surface area contributed by atoms with E-state index in [1.54, 1.807) is 6.07 Å². The van der Waals surface area contributed by atoms with E-state index < -0.39 is 15.1 Å². The second-order valence-electron chi connectivity index (χ2n) is 2.03. The van der Waals surface area contributed by atoms with E-state index in [4.69, 9.17) is 10.4 Å². The Morgan fingerprint density at radius 1 is 1.67 bits per heavy atom. The van der Waals surface area contributed by atoms with Crippen molar-refractivity contribution in [2.75, 3.05) is 0 Å². The van der Waals surface area contributed by atoms with E-state index in [1.165, 1.54) is 6.92 Å². The summed E-state index contributed by atoms with van der Waals surface area (Å²) in [5.41, 5.74) is -0.310. The van der Waals surface area contributed by atoms with Gasteiger partial charge in [0.15, 0.2) is 11.6 Å². The van der Waals surface area contributed by atoms with Crippen LogP contribution in [0.25, 0.3) is 0 Å². The van der Waals surface area contributed by atoms with Crippen LogP contribution in [0, 0.1) is 18.3 Å². The number of nitriles is 1. The monoisotopic (exact) mass is 187 g/mol. The molecule has 1 rings (SSSR count). The Morgan fingerprint density at radius 2 is 2.25 bits per heavy atom. The highest BCUT2D eigenvalue weighted by Crippen LogP contribution is 2.13. The fourth-order valence-corrected chi connectivity index (χ4v) is 1.27. The molecule has 0 radical (unpaired) electrons. The van der Waals surface area contributed by atoms with Gasteiger partial charge in [0.05, 0.1) is 0 Å². The SMILES string of the molecule is Cc1nc(C#N)c(S(N)(=O)=O)o1. The fourth-order valence-electron chi connectivity index (χ4n) is 0.672. The smallest absolute Gasteiger partial charge is 0.274 e. The molecule has 0 aliphatic carbocycles. The van der Waals surface area contributed by atoms with Crippen LogP contribution in [0.2, 0.25) is 0 Å².